The number of nitriles is 1. The minimum absolute atomic E-state index is 0.0467. The van der Waals surface area contributed by atoms with Crippen LogP contribution in [0, 0.1) is 16.7 Å². The quantitative estimate of drug-likeness (QED) is 0.703. The molecule has 1 aliphatic carbocycles. The van der Waals surface area contributed by atoms with E-state index in [1.165, 1.54) is 12.8 Å². The van der Waals surface area contributed by atoms with Crippen LogP contribution in [-0.4, -0.2) is 25.3 Å². The zero-order valence-electron chi connectivity index (χ0n) is 8.10. The predicted octanol–water partition coefficient (Wildman–Crippen LogP) is 1.06. The van der Waals surface area contributed by atoms with E-state index in [-0.39, 0.29) is 11.0 Å². The molecule has 0 atom stereocenters. The van der Waals surface area contributed by atoms with E-state index in [0.29, 0.717) is 6.42 Å². The van der Waals surface area contributed by atoms with Crippen LogP contribution in [-0.2, 0) is 4.74 Å². The molecule has 1 saturated heterocycles. The molecule has 2 aliphatic rings. The Morgan fingerprint density at radius 3 is 2.54 bits per heavy atom. The third kappa shape index (κ3) is 1.84. The fourth-order valence-electron chi connectivity index (χ4n) is 1.62. The number of hydrogen-bond donors (Lipinski definition) is 1. The molecule has 0 aromatic rings. The highest BCUT2D eigenvalue weighted by molar-refractivity contribution is 5.00. The Labute approximate surface area is 79.1 Å². The Hall–Kier alpha value is -0.590. The highest BCUT2D eigenvalue weighted by Crippen LogP contribution is 2.49. The van der Waals surface area contributed by atoms with Gasteiger partial charge in [-0.1, -0.05) is 0 Å². The van der Waals surface area contributed by atoms with Gasteiger partial charge in [0.05, 0.1) is 18.3 Å². The second-order valence-electron chi connectivity index (χ2n) is 4.68. The van der Waals surface area contributed by atoms with Gasteiger partial charge in [0.25, 0.3) is 0 Å². The number of nitrogens with one attached hydrogen (secondary N) is 1. The van der Waals surface area contributed by atoms with Gasteiger partial charge in [-0.2, -0.15) is 5.26 Å². The SMILES string of the molecule is CC1(OCC2(CC#N)CC2)CNC1. The highest BCUT2D eigenvalue weighted by Gasteiger charge is 2.45. The molecule has 3 heteroatoms. The lowest BCUT2D eigenvalue weighted by atomic mass is 9.98. The Kier molecular flexibility index (Phi) is 2.05. The van der Waals surface area contributed by atoms with E-state index in [9.17, 15) is 0 Å². The molecule has 0 unspecified atom stereocenters. The molecule has 1 aliphatic heterocycles. The molecule has 0 radical (unpaired) electrons. The average Bonchev–Trinajstić information content (AvgIpc) is 2.80. The Balaban J connectivity index is 1.76. The Bertz CT molecular complexity index is 236. The van der Waals surface area contributed by atoms with Crippen molar-refractivity contribution in [1.29, 1.82) is 5.26 Å². The third-order valence-electron chi connectivity index (χ3n) is 3.14. The second-order valence-corrected chi connectivity index (χ2v) is 4.68. The number of hydrogen-bond acceptors (Lipinski definition) is 3. The first-order valence-electron chi connectivity index (χ1n) is 4.90. The maximum atomic E-state index is 8.62. The van der Waals surface area contributed by atoms with Crippen LogP contribution in [0.3, 0.4) is 0 Å². The first-order valence-corrected chi connectivity index (χ1v) is 4.90. The highest BCUT2D eigenvalue weighted by atomic mass is 16.5. The van der Waals surface area contributed by atoms with Gasteiger partial charge in [0.1, 0.15) is 0 Å². The molecular weight excluding hydrogens is 164 g/mol. The maximum absolute atomic E-state index is 8.62. The van der Waals surface area contributed by atoms with E-state index < -0.39 is 0 Å². The molecule has 0 aromatic heterocycles. The summed E-state index contributed by atoms with van der Waals surface area (Å²) in [6.07, 6.45) is 3.00. The van der Waals surface area contributed by atoms with Gasteiger partial charge in [-0.25, -0.2) is 0 Å². The van der Waals surface area contributed by atoms with Crippen LogP contribution < -0.4 is 5.32 Å². The van der Waals surface area contributed by atoms with Gasteiger partial charge < -0.3 is 10.1 Å². The molecule has 13 heavy (non-hydrogen) atoms. The maximum Gasteiger partial charge on any atom is 0.0902 e. The van der Waals surface area contributed by atoms with Gasteiger partial charge in [0, 0.05) is 24.9 Å². The van der Waals surface area contributed by atoms with Crippen LogP contribution >= 0.6 is 0 Å². The molecule has 3 nitrogen and oxygen atoms in total. The zero-order valence-corrected chi connectivity index (χ0v) is 8.10. The van der Waals surface area contributed by atoms with Crippen molar-refractivity contribution in [2.45, 2.75) is 31.8 Å². The summed E-state index contributed by atoms with van der Waals surface area (Å²) < 4.78 is 5.83. The number of ether oxygens (including phenoxy) is 1. The van der Waals surface area contributed by atoms with Crippen LogP contribution in [0.15, 0.2) is 0 Å². The van der Waals surface area contributed by atoms with Gasteiger partial charge in [-0.3, -0.25) is 0 Å². The van der Waals surface area contributed by atoms with Crippen LogP contribution in [0.5, 0.6) is 0 Å². The number of rotatable bonds is 4. The molecule has 0 aromatic carbocycles. The first-order chi connectivity index (χ1) is 6.18. The van der Waals surface area contributed by atoms with Crippen molar-refractivity contribution in [2.75, 3.05) is 19.7 Å². The van der Waals surface area contributed by atoms with Gasteiger partial charge in [-0.15, -0.1) is 0 Å². The van der Waals surface area contributed by atoms with Crippen molar-refractivity contribution < 1.29 is 4.74 Å². The van der Waals surface area contributed by atoms with E-state index >= 15 is 0 Å². The van der Waals surface area contributed by atoms with Crippen molar-refractivity contribution in [3.05, 3.63) is 0 Å². The average molecular weight is 180 g/mol. The summed E-state index contributed by atoms with van der Waals surface area (Å²) in [5, 5.41) is 11.8. The van der Waals surface area contributed by atoms with Gasteiger partial charge in [0.15, 0.2) is 0 Å². The van der Waals surface area contributed by atoms with E-state index in [1.54, 1.807) is 0 Å². The standard InChI is InChI=1S/C10H16N2O/c1-9(6-12-7-9)13-8-10(2-3-10)4-5-11/h12H,2-4,6-8H2,1H3. The molecular formula is C10H16N2O. The lowest BCUT2D eigenvalue weighted by molar-refractivity contribution is -0.0836. The van der Waals surface area contributed by atoms with Crippen molar-refractivity contribution >= 4 is 0 Å². The number of nitrogens with zero attached hydrogens (tertiary/aromatic N) is 1. The lowest BCUT2D eigenvalue weighted by Crippen LogP contribution is -2.59. The summed E-state index contributed by atoms with van der Waals surface area (Å²) in [6.45, 7) is 4.82. The molecule has 0 spiro atoms. The zero-order chi connectivity index (χ0) is 9.36. The molecule has 0 bridgehead atoms. The van der Waals surface area contributed by atoms with Gasteiger partial charge in [-0.05, 0) is 19.8 Å². The Morgan fingerprint density at radius 1 is 1.46 bits per heavy atom. The second kappa shape index (κ2) is 2.97. The van der Waals surface area contributed by atoms with Gasteiger partial charge in [0.2, 0.25) is 0 Å². The Morgan fingerprint density at radius 2 is 2.15 bits per heavy atom. The van der Waals surface area contributed by atoms with E-state index in [4.69, 9.17) is 10.00 Å². The normalized spacial score (nSPS) is 27.4. The summed E-state index contributed by atoms with van der Waals surface area (Å²) in [5.74, 6) is 0. The lowest BCUT2D eigenvalue weighted by Gasteiger charge is -2.40. The summed E-state index contributed by atoms with van der Waals surface area (Å²) in [4.78, 5) is 0. The fourth-order valence-corrected chi connectivity index (χ4v) is 1.62. The van der Waals surface area contributed by atoms with Crippen LogP contribution in [0.4, 0.5) is 0 Å². The molecule has 2 rings (SSSR count). The molecule has 1 heterocycles. The largest absolute Gasteiger partial charge is 0.372 e. The molecule has 0 amide bonds. The molecule has 2 fully saturated rings. The minimum atomic E-state index is 0.0467. The molecule has 1 N–H and O–H groups in total. The smallest absolute Gasteiger partial charge is 0.0902 e. The topological polar surface area (TPSA) is 45.0 Å². The van der Waals surface area contributed by atoms with Crippen LogP contribution in [0.1, 0.15) is 26.2 Å². The van der Waals surface area contributed by atoms with E-state index in [0.717, 1.165) is 19.7 Å². The summed E-state index contributed by atoms with van der Waals surface area (Å²) in [6, 6.07) is 2.25. The van der Waals surface area contributed by atoms with Crippen molar-refractivity contribution in [2.24, 2.45) is 5.41 Å². The van der Waals surface area contributed by atoms with E-state index in [1.807, 2.05) is 0 Å². The minimum Gasteiger partial charge on any atom is -0.372 e. The summed E-state index contributed by atoms with van der Waals surface area (Å²) >= 11 is 0. The van der Waals surface area contributed by atoms with E-state index in [2.05, 4.69) is 18.3 Å². The van der Waals surface area contributed by atoms with Crippen molar-refractivity contribution in [1.82, 2.24) is 5.32 Å². The monoisotopic (exact) mass is 180 g/mol. The summed E-state index contributed by atoms with van der Waals surface area (Å²) in [7, 11) is 0. The van der Waals surface area contributed by atoms with Crippen molar-refractivity contribution in [3.63, 3.8) is 0 Å². The first kappa shape index (κ1) is 8.98. The van der Waals surface area contributed by atoms with Crippen LogP contribution in [0.2, 0.25) is 0 Å². The predicted molar refractivity (Wildman–Crippen MR) is 49.1 cm³/mol. The van der Waals surface area contributed by atoms with Gasteiger partial charge >= 0.3 is 0 Å². The molecule has 72 valence electrons. The summed E-state index contributed by atoms with van der Waals surface area (Å²) in [5.41, 5.74) is 0.276. The third-order valence-corrected chi connectivity index (χ3v) is 3.14. The van der Waals surface area contributed by atoms with Crippen molar-refractivity contribution in [3.8, 4) is 6.07 Å². The molecule has 1 saturated carbocycles. The van der Waals surface area contributed by atoms with Crippen LogP contribution in [0.25, 0.3) is 0 Å². The fraction of sp³-hybridized carbons (Fsp3) is 0.900.